The van der Waals surface area contributed by atoms with E-state index < -0.39 is 0 Å². The van der Waals surface area contributed by atoms with Crippen molar-refractivity contribution >= 4 is 40.7 Å². The highest BCUT2D eigenvalue weighted by molar-refractivity contribution is 6.44. The number of halogens is 3. The van der Waals surface area contributed by atoms with Gasteiger partial charge in [-0.2, -0.15) is 0 Å². The quantitative estimate of drug-likeness (QED) is 0.802. The molecule has 19 heavy (non-hydrogen) atoms. The van der Waals surface area contributed by atoms with Crippen LogP contribution in [0.15, 0.2) is 36.4 Å². The van der Waals surface area contributed by atoms with Gasteiger partial charge >= 0.3 is 0 Å². The Morgan fingerprint density at radius 3 is 2.37 bits per heavy atom. The molecular weight excluding hydrogens is 305 g/mol. The molecule has 0 fully saturated rings. The number of benzene rings is 2. The van der Waals surface area contributed by atoms with E-state index in [0.717, 1.165) is 11.1 Å². The minimum Gasteiger partial charge on any atom is -0.355 e. The fraction of sp³-hybridized carbons (Fsp3) is 0.0714. The Kier molecular flexibility index (Phi) is 4.35. The average Bonchev–Trinajstić information content (AvgIpc) is 2.42. The summed E-state index contributed by atoms with van der Waals surface area (Å²) in [6.07, 6.45) is 0. The Bertz CT molecular complexity index is 641. The lowest BCUT2D eigenvalue weighted by molar-refractivity contribution is 0.0963. The molecule has 0 saturated heterocycles. The number of rotatable bonds is 2. The van der Waals surface area contributed by atoms with Gasteiger partial charge in [-0.1, -0.05) is 46.9 Å². The molecule has 0 saturated carbocycles. The molecule has 5 heteroatoms. The summed E-state index contributed by atoms with van der Waals surface area (Å²) in [7, 11) is 1.58. The fourth-order valence-electron chi connectivity index (χ4n) is 1.72. The highest BCUT2D eigenvalue weighted by Gasteiger charge is 2.10. The lowest BCUT2D eigenvalue weighted by Gasteiger charge is -2.08. The SMILES string of the molecule is CNC(=O)c1cccc(-c2cc(Cl)c(Cl)cc2Cl)c1. The zero-order chi connectivity index (χ0) is 14.0. The molecule has 0 spiro atoms. The van der Waals surface area contributed by atoms with E-state index in [1.165, 1.54) is 0 Å². The minimum absolute atomic E-state index is 0.155. The maximum atomic E-state index is 11.6. The van der Waals surface area contributed by atoms with Gasteiger partial charge in [0.15, 0.2) is 0 Å². The molecule has 2 rings (SSSR count). The molecule has 0 aliphatic carbocycles. The van der Waals surface area contributed by atoms with Crippen molar-refractivity contribution in [1.82, 2.24) is 5.32 Å². The second-order valence-electron chi connectivity index (χ2n) is 3.91. The summed E-state index contributed by atoms with van der Waals surface area (Å²) in [6.45, 7) is 0. The van der Waals surface area contributed by atoms with Crippen LogP contribution in [-0.2, 0) is 0 Å². The van der Waals surface area contributed by atoms with Crippen LogP contribution in [0.4, 0.5) is 0 Å². The third kappa shape index (κ3) is 3.03. The first-order valence-electron chi connectivity index (χ1n) is 5.50. The van der Waals surface area contributed by atoms with Crippen LogP contribution in [0.5, 0.6) is 0 Å². The maximum Gasteiger partial charge on any atom is 0.251 e. The van der Waals surface area contributed by atoms with Crippen LogP contribution in [0.3, 0.4) is 0 Å². The molecule has 0 unspecified atom stereocenters. The zero-order valence-electron chi connectivity index (χ0n) is 10.0. The summed E-state index contributed by atoms with van der Waals surface area (Å²) < 4.78 is 0. The van der Waals surface area contributed by atoms with Gasteiger partial charge < -0.3 is 5.32 Å². The third-order valence-electron chi connectivity index (χ3n) is 2.67. The second-order valence-corrected chi connectivity index (χ2v) is 5.13. The van der Waals surface area contributed by atoms with E-state index in [4.69, 9.17) is 34.8 Å². The number of nitrogens with one attached hydrogen (secondary N) is 1. The fourth-order valence-corrected chi connectivity index (χ4v) is 2.37. The average molecular weight is 315 g/mol. The van der Waals surface area contributed by atoms with Crippen LogP contribution < -0.4 is 5.32 Å². The van der Waals surface area contributed by atoms with Crippen LogP contribution >= 0.6 is 34.8 Å². The largest absolute Gasteiger partial charge is 0.355 e. The molecule has 2 aromatic carbocycles. The van der Waals surface area contributed by atoms with Gasteiger partial charge in [0.2, 0.25) is 0 Å². The molecule has 1 N–H and O–H groups in total. The van der Waals surface area contributed by atoms with Crippen LogP contribution in [0.25, 0.3) is 11.1 Å². The normalized spacial score (nSPS) is 10.3. The van der Waals surface area contributed by atoms with Crippen molar-refractivity contribution in [1.29, 1.82) is 0 Å². The van der Waals surface area contributed by atoms with E-state index in [1.54, 1.807) is 37.4 Å². The smallest absolute Gasteiger partial charge is 0.251 e. The third-order valence-corrected chi connectivity index (χ3v) is 3.71. The highest BCUT2D eigenvalue weighted by Crippen LogP contribution is 2.35. The van der Waals surface area contributed by atoms with E-state index >= 15 is 0 Å². The van der Waals surface area contributed by atoms with Gasteiger partial charge in [-0.3, -0.25) is 4.79 Å². The molecule has 0 aliphatic heterocycles. The molecule has 0 heterocycles. The number of amides is 1. The number of hydrogen-bond acceptors (Lipinski definition) is 1. The predicted molar refractivity (Wildman–Crippen MR) is 80.3 cm³/mol. The summed E-state index contributed by atoms with van der Waals surface area (Å²) >= 11 is 18.1. The summed E-state index contributed by atoms with van der Waals surface area (Å²) in [6, 6.07) is 10.4. The van der Waals surface area contributed by atoms with E-state index in [1.807, 2.05) is 6.07 Å². The van der Waals surface area contributed by atoms with E-state index in [2.05, 4.69) is 5.32 Å². The summed E-state index contributed by atoms with van der Waals surface area (Å²) in [5.41, 5.74) is 2.11. The van der Waals surface area contributed by atoms with Crippen LogP contribution in [-0.4, -0.2) is 13.0 Å². The van der Waals surface area contributed by atoms with Crippen molar-refractivity contribution in [2.24, 2.45) is 0 Å². The van der Waals surface area contributed by atoms with Crippen molar-refractivity contribution in [2.45, 2.75) is 0 Å². The lowest BCUT2D eigenvalue weighted by atomic mass is 10.0. The van der Waals surface area contributed by atoms with Gasteiger partial charge in [0.25, 0.3) is 5.91 Å². The molecule has 98 valence electrons. The van der Waals surface area contributed by atoms with Crippen LogP contribution in [0.2, 0.25) is 15.1 Å². The molecule has 2 aromatic rings. The Labute approximate surface area is 126 Å². The molecule has 2 nitrogen and oxygen atoms in total. The standard InChI is InChI=1S/C14H10Cl3NO/c1-18-14(19)9-4-2-3-8(5-9)10-6-12(16)13(17)7-11(10)15/h2-7H,1H3,(H,18,19). The van der Waals surface area contributed by atoms with Gasteiger partial charge in [0.05, 0.1) is 10.0 Å². The first-order chi connectivity index (χ1) is 9.02. The maximum absolute atomic E-state index is 11.6. The monoisotopic (exact) mass is 313 g/mol. The van der Waals surface area contributed by atoms with E-state index in [9.17, 15) is 4.79 Å². The van der Waals surface area contributed by atoms with Gasteiger partial charge in [-0.25, -0.2) is 0 Å². The number of hydrogen-bond donors (Lipinski definition) is 1. The van der Waals surface area contributed by atoms with Crippen molar-refractivity contribution in [2.75, 3.05) is 7.05 Å². The lowest BCUT2D eigenvalue weighted by Crippen LogP contribution is -2.17. The summed E-state index contributed by atoms with van der Waals surface area (Å²) in [5, 5.41) is 3.89. The summed E-state index contributed by atoms with van der Waals surface area (Å²) in [5.74, 6) is -0.155. The molecule has 0 aliphatic rings. The van der Waals surface area contributed by atoms with Crippen molar-refractivity contribution in [3.05, 3.63) is 57.0 Å². The molecular formula is C14H10Cl3NO. The Morgan fingerprint density at radius 2 is 1.68 bits per heavy atom. The molecule has 1 amide bonds. The summed E-state index contributed by atoms with van der Waals surface area (Å²) in [4.78, 5) is 11.6. The van der Waals surface area contributed by atoms with Crippen LogP contribution in [0.1, 0.15) is 10.4 Å². The minimum atomic E-state index is -0.155. The first-order valence-corrected chi connectivity index (χ1v) is 6.63. The topological polar surface area (TPSA) is 29.1 Å². The molecule has 0 aromatic heterocycles. The Morgan fingerprint density at radius 1 is 1.00 bits per heavy atom. The number of carbonyl (C=O) groups excluding carboxylic acids is 1. The Balaban J connectivity index is 2.53. The van der Waals surface area contributed by atoms with Gasteiger partial charge in [-0.15, -0.1) is 0 Å². The number of carbonyl (C=O) groups is 1. The molecule has 0 atom stereocenters. The molecule has 0 bridgehead atoms. The van der Waals surface area contributed by atoms with E-state index in [-0.39, 0.29) is 5.91 Å². The van der Waals surface area contributed by atoms with Gasteiger partial charge in [0.1, 0.15) is 0 Å². The zero-order valence-corrected chi connectivity index (χ0v) is 12.3. The van der Waals surface area contributed by atoms with Crippen molar-refractivity contribution in [3.63, 3.8) is 0 Å². The first kappa shape index (κ1) is 14.2. The van der Waals surface area contributed by atoms with Gasteiger partial charge in [0, 0.05) is 23.2 Å². The van der Waals surface area contributed by atoms with Crippen LogP contribution in [0, 0.1) is 0 Å². The predicted octanol–water partition coefficient (Wildman–Crippen LogP) is 4.67. The van der Waals surface area contributed by atoms with Crippen molar-refractivity contribution < 1.29 is 4.79 Å². The second kappa shape index (κ2) is 5.83. The van der Waals surface area contributed by atoms with Crippen molar-refractivity contribution in [3.8, 4) is 11.1 Å². The molecule has 0 radical (unpaired) electrons. The Hall–Kier alpha value is -1.22. The highest BCUT2D eigenvalue weighted by atomic mass is 35.5. The van der Waals surface area contributed by atoms with Gasteiger partial charge in [-0.05, 0) is 29.8 Å². The van der Waals surface area contributed by atoms with E-state index in [0.29, 0.717) is 20.6 Å².